The van der Waals surface area contributed by atoms with E-state index in [-0.39, 0.29) is 5.56 Å². The summed E-state index contributed by atoms with van der Waals surface area (Å²) in [7, 11) is 0. The van der Waals surface area contributed by atoms with Gasteiger partial charge in [-0.15, -0.1) is 11.8 Å². The molecule has 30 heavy (non-hydrogen) atoms. The minimum atomic E-state index is -0.678. The summed E-state index contributed by atoms with van der Waals surface area (Å²) >= 11 is 1.27. The molecule has 8 nitrogen and oxygen atoms in total. The third kappa shape index (κ3) is 5.04. The smallest absolute Gasteiger partial charge is 0.343 e. The number of hydrogen-bond donors (Lipinski definition) is 1. The molecule has 2 heterocycles. The molecule has 0 aliphatic rings. The molecule has 152 valence electrons. The fourth-order valence-corrected chi connectivity index (χ4v) is 3.26. The van der Waals surface area contributed by atoms with Gasteiger partial charge in [-0.1, -0.05) is 12.1 Å². The van der Waals surface area contributed by atoms with E-state index in [1.54, 1.807) is 49.6 Å². The number of aromatic nitrogens is 2. The second-order valence-electron chi connectivity index (χ2n) is 6.15. The summed E-state index contributed by atoms with van der Waals surface area (Å²) in [5.41, 5.74) is 2.04. The third-order valence-corrected chi connectivity index (χ3v) is 4.73. The highest BCUT2D eigenvalue weighted by Crippen LogP contribution is 2.25. The Morgan fingerprint density at radius 1 is 1.23 bits per heavy atom. The first-order valence-electron chi connectivity index (χ1n) is 8.91. The lowest BCUT2D eigenvalue weighted by atomic mass is 10.1. The van der Waals surface area contributed by atoms with Crippen LogP contribution in [0.5, 0.6) is 0 Å². The molecule has 0 unspecified atom stereocenters. The predicted octanol–water partition coefficient (Wildman–Crippen LogP) is 3.63. The van der Waals surface area contributed by atoms with E-state index in [0.29, 0.717) is 34.4 Å². The van der Waals surface area contributed by atoms with Gasteiger partial charge in [-0.25, -0.2) is 14.8 Å². The van der Waals surface area contributed by atoms with Crippen LogP contribution < -0.4 is 5.32 Å². The molecule has 0 saturated heterocycles. The number of esters is 1. The van der Waals surface area contributed by atoms with Gasteiger partial charge in [-0.05, 0) is 43.0 Å². The lowest BCUT2D eigenvalue weighted by Gasteiger charge is -2.11. The molecule has 0 spiro atoms. The highest BCUT2D eigenvalue weighted by Gasteiger charge is 2.22. The van der Waals surface area contributed by atoms with Crippen molar-refractivity contribution >= 4 is 29.3 Å². The van der Waals surface area contributed by atoms with Crippen LogP contribution >= 0.6 is 11.8 Å². The number of rotatable bonds is 7. The van der Waals surface area contributed by atoms with Gasteiger partial charge < -0.3 is 14.5 Å². The Hall–Kier alpha value is -3.64. The van der Waals surface area contributed by atoms with E-state index in [1.165, 1.54) is 18.0 Å². The van der Waals surface area contributed by atoms with E-state index in [1.807, 2.05) is 0 Å². The quantitative estimate of drug-likeness (QED) is 0.348. The fraction of sp³-hybridized carbons (Fsp3) is 0.190. The van der Waals surface area contributed by atoms with Gasteiger partial charge in [0.15, 0.2) is 18.2 Å². The molecule has 0 aliphatic heterocycles. The van der Waals surface area contributed by atoms with E-state index in [0.717, 1.165) is 5.56 Å². The van der Waals surface area contributed by atoms with Crippen molar-refractivity contribution in [3.05, 3.63) is 59.5 Å². The van der Waals surface area contributed by atoms with Crippen molar-refractivity contribution in [2.45, 2.75) is 18.4 Å². The largest absolute Gasteiger partial charge is 0.461 e. The first kappa shape index (κ1) is 21.1. The van der Waals surface area contributed by atoms with Gasteiger partial charge in [-0.2, -0.15) is 5.26 Å². The van der Waals surface area contributed by atoms with Crippen LogP contribution in [-0.4, -0.2) is 34.7 Å². The summed E-state index contributed by atoms with van der Waals surface area (Å²) in [5, 5.41) is 11.8. The van der Waals surface area contributed by atoms with Crippen molar-refractivity contribution in [1.82, 2.24) is 9.97 Å². The van der Waals surface area contributed by atoms with Crippen molar-refractivity contribution in [3.63, 3.8) is 0 Å². The highest BCUT2D eigenvalue weighted by molar-refractivity contribution is 7.98. The summed E-state index contributed by atoms with van der Waals surface area (Å²) in [6.45, 7) is 1.22. The molecule has 0 fully saturated rings. The Bertz CT molecular complexity index is 1090. The zero-order chi connectivity index (χ0) is 21.5. The van der Waals surface area contributed by atoms with Crippen LogP contribution in [0.1, 0.15) is 21.6 Å². The van der Waals surface area contributed by atoms with Crippen LogP contribution in [0, 0.1) is 18.3 Å². The number of nitrogens with one attached hydrogen (secondary N) is 1. The first-order chi connectivity index (χ1) is 14.5. The molecule has 0 bridgehead atoms. The monoisotopic (exact) mass is 422 g/mol. The van der Waals surface area contributed by atoms with Crippen LogP contribution in [0.15, 0.2) is 52.1 Å². The summed E-state index contributed by atoms with van der Waals surface area (Å²) in [4.78, 5) is 33.4. The Labute approximate surface area is 177 Å². The summed E-state index contributed by atoms with van der Waals surface area (Å²) in [6.07, 6.45) is 3.60. The zero-order valence-corrected chi connectivity index (χ0v) is 17.2. The molecule has 3 aromatic rings. The van der Waals surface area contributed by atoms with Crippen LogP contribution in [-0.2, 0) is 16.0 Å². The molecule has 0 aliphatic carbocycles. The minimum Gasteiger partial charge on any atom is -0.461 e. The van der Waals surface area contributed by atoms with E-state index in [2.05, 4.69) is 21.4 Å². The number of ether oxygens (including phenoxy) is 1. The first-order valence-corrected chi connectivity index (χ1v) is 10.1. The SMILES string of the molecule is CSc1nc(-c2ccco2)nc(C)c1C(=O)OCC(=O)Nc1ccc(CC#N)cc1. The number of nitriles is 1. The van der Waals surface area contributed by atoms with E-state index < -0.39 is 18.5 Å². The second kappa shape index (κ2) is 9.71. The second-order valence-corrected chi connectivity index (χ2v) is 6.95. The van der Waals surface area contributed by atoms with Crippen molar-refractivity contribution in [1.29, 1.82) is 5.26 Å². The minimum absolute atomic E-state index is 0.214. The number of amides is 1. The maximum atomic E-state index is 12.6. The Balaban J connectivity index is 1.65. The molecule has 1 amide bonds. The average molecular weight is 422 g/mol. The van der Waals surface area contributed by atoms with Gasteiger partial charge in [0.05, 0.1) is 24.4 Å². The highest BCUT2D eigenvalue weighted by atomic mass is 32.2. The molecule has 0 saturated carbocycles. The number of hydrogen-bond acceptors (Lipinski definition) is 8. The fourth-order valence-electron chi connectivity index (χ4n) is 2.64. The standard InChI is InChI=1S/C21H18N4O4S/c1-13-18(20(30-2)25-19(23-13)16-4-3-11-28-16)21(27)29-12-17(26)24-15-7-5-14(6-8-15)9-10-22/h3-8,11H,9,12H2,1-2H3,(H,24,26). The Morgan fingerprint density at radius 3 is 2.63 bits per heavy atom. The van der Waals surface area contributed by atoms with Gasteiger partial charge >= 0.3 is 5.97 Å². The number of anilines is 1. The molecule has 1 N–H and O–H groups in total. The Kier molecular flexibility index (Phi) is 6.83. The predicted molar refractivity (Wildman–Crippen MR) is 111 cm³/mol. The molecular weight excluding hydrogens is 404 g/mol. The van der Waals surface area contributed by atoms with Crippen molar-refractivity contribution in [2.24, 2.45) is 0 Å². The van der Waals surface area contributed by atoms with E-state index in [9.17, 15) is 9.59 Å². The third-order valence-electron chi connectivity index (χ3n) is 4.05. The Morgan fingerprint density at radius 2 is 2.00 bits per heavy atom. The van der Waals surface area contributed by atoms with Crippen LogP contribution in [0.2, 0.25) is 0 Å². The zero-order valence-electron chi connectivity index (χ0n) is 16.3. The van der Waals surface area contributed by atoms with Crippen molar-refractivity contribution < 1.29 is 18.7 Å². The molecular formula is C21H18N4O4S. The topological polar surface area (TPSA) is 118 Å². The number of benzene rings is 1. The normalized spacial score (nSPS) is 10.3. The van der Waals surface area contributed by atoms with Crippen molar-refractivity contribution in [2.75, 3.05) is 18.2 Å². The molecule has 3 rings (SSSR count). The molecule has 9 heteroatoms. The van der Waals surface area contributed by atoms with Gasteiger partial charge in [0.1, 0.15) is 10.6 Å². The van der Waals surface area contributed by atoms with Gasteiger partial charge in [-0.3, -0.25) is 4.79 Å². The van der Waals surface area contributed by atoms with Crippen LogP contribution in [0.25, 0.3) is 11.6 Å². The maximum Gasteiger partial charge on any atom is 0.343 e. The molecule has 2 aromatic heterocycles. The van der Waals surface area contributed by atoms with Crippen LogP contribution in [0.3, 0.4) is 0 Å². The van der Waals surface area contributed by atoms with Crippen LogP contribution in [0.4, 0.5) is 5.69 Å². The molecule has 1 aromatic carbocycles. The molecule has 0 radical (unpaired) electrons. The number of carbonyl (C=O) groups excluding carboxylic acids is 2. The van der Waals surface area contributed by atoms with Gasteiger partial charge in [0.2, 0.25) is 0 Å². The lowest BCUT2D eigenvalue weighted by molar-refractivity contribution is -0.119. The average Bonchev–Trinajstić information content (AvgIpc) is 3.28. The van der Waals surface area contributed by atoms with E-state index >= 15 is 0 Å². The number of furan rings is 1. The maximum absolute atomic E-state index is 12.6. The van der Waals surface area contributed by atoms with Gasteiger partial charge in [0.25, 0.3) is 5.91 Å². The number of thioether (sulfide) groups is 1. The van der Waals surface area contributed by atoms with Crippen molar-refractivity contribution in [3.8, 4) is 17.7 Å². The summed E-state index contributed by atoms with van der Waals surface area (Å²) in [6, 6.07) is 12.4. The number of nitrogens with zero attached hydrogens (tertiary/aromatic N) is 3. The lowest BCUT2D eigenvalue weighted by Crippen LogP contribution is -2.22. The number of carbonyl (C=O) groups is 2. The number of aryl methyl sites for hydroxylation is 1. The summed E-state index contributed by atoms with van der Waals surface area (Å²) < 4.78 is 10.5. The molecule has 0 atom stereocenters. The summed E-state index contributed by atoms with van der Waals surface area (Å²) in [5.74, 6) is -0.292. The van der Waals surface area contributed by atoms with Gasteiger partial charge in [0, 0.05) is 5.69 Å². The van der Waals surface area contributed by atoms with E-state index in [4.69, 9.17) is 14.4 Å².